The molecule has 5 heteroatoms. The second kappa shape index (κ2) is 6.24. The number of benzene rings is 1. The Morgan fingerprint density at radius 1 is 1.03 bits per heavy atom. The van der Waals surface area contributed by atoms with E-state index >= 15 is 0 Å². The molecule has 4 aliphatic rings. The molecule has 0 N–H and O–H groups in total. The Bertz CT molecular complexity index is 1040. The van der Waals surface area contributed by atoms with Gasteiger partial charge in [-0.2, -0.15) is 0 Å². The first-order chi connectivity index (χ1) is 14.4. The molecule has 0 amide bonds. The van der Waals surface area contributed by atoms with Crippen LogP contribution in [0.2, 0.25) is 0 Å². The number of carbonyl (C=O) groups is 2. The van der Waals surface area contributed by atoms with E-state index in [1.807, 2.05) is 28.9 Å². The average molecular weight is 406 g/mol. The summed E-state index contributed by atoms with van der Waals surface area (Å²) in [6.45, 7) is 4.69. The van der Waals surface area contributed by atoms with E-state index in [0.29, 0.717) is 35.2 Å². The van der Waals surface area contributed by atoms with E-state index in [2.05, 4.69) is 24.2 Å². The molecule has 1 aromatic carbocycles. The number of nitrogens with zero attached hydrogens (tertiary/aromatic N) is 3. The molecule has 0 radical (unpaired) electrons. The van der Waals surface area contributed by atoms with Gasteiger partial charge >= 0.3 is 0 Å². The topological polar surface area (TPSA) is 64.8 Å². The highest BCUT2D eigenvalue weighted by molar-refractivity contribution is 5.92. The molecule has 30 heavy (non-hydrogen) atoms. The number of hydrogen-bond acceptors (Lipinski definition) is 4. The molecule has 0 bridgehead atoms. The van der Waals surface area contributed by atoms with Crippen molar-refractivity contribution in [3.63, 3.8) is 0 Å². The SMILES string of the molecule is C[C@]12CCC(=O)C[C@@H]1CC[C@@H]1[C@@H]2CC[C@]2(C)C(=O)[C@@H](n3nnc4ccccc43)C[C@@H]12. The fourth-order valence-corrected chi connectivity index (χ4v) is 8.16. The minimum atomic E-state index is -0.243. The van der Waals surface area contributed by atoms with Crippen LogP contribution in [-0.2, 0) is 9.59 Å². The number of ketones is 2. The third-order valence-corrected chi connectivity index (χ3v) is 9.89. The molecular formula is C25H31N3O2. The molecule has 4 saturated carbocycles. The van der Waals surface area contributed by atoms with Crippen LogP contribution in [0.15, 0.2) is 24.3 Å². The molecule has 5 nitrogen and oxygen atoms in total. The summed E-state index contributed by atoms with van der Waals surface area (Å²) in [6, 6.07) is 7.78. The number of carbonyl (C=O) groups excluding carboxylic acids is 2. The second-order valence-electron chi connectivity index (χ2n) is 11.0. The lowest BCUT2D eigenvalue weighted by molar-refractivity contribution is -0.144. The smallest absolute Gasteiger partial charge is 0.163 e. The van der Waals surface area contributed by atoms with E-state index in [0.717, 1.165) is 56.0 Å². The maximum Gasteiger partial charge on any atom is 0.163 e. The third kappa shape index (κ3) is 2.35. The number of hydrogen-bond donors (Lipinski definition) is 0. The van der Waals surface area contributed by atoms with Gasteiger partial charge in [-0.05, 0) is 79.7 Å². The van der Waals surface area contributed by atoms with Crippen LogP contribution in [0.5, 0.6) is 0 Å². The highest BCUT2D eigenvalue weighted by Gasteiger charge is 2.62. The molecule has 2 aromatic rings. The van der Waals surface area contributed by atoms with Crippen molar-refractivity contribution in [1.82, 2.24) is 15.0 Å². The predicted octanol–water partition coefficient (Wildman–Crippen LogP) is 4.76. The molecule has 4 aliphatic carbocycles. The molecular weight excluding hydrogens is 374 g/mol. The van der Waals surface area contributed by atoms with Crippen LogP contribution in [0.3, 0.4) is 0 Å². The van der Waals surface area contributed by atoms with Crippen molar-refractivity contribution in [2.24, 2.45) is 34.5 Å². The van der Waals surface area contributed by atoms with Crippen LogP contribution in [0, 0.1) is 34.5 Å². The normalized spacial score (nSPS) is 43.3. The summed E-state index contributed by atoms with van der Waals surface area (Å²) in [4.78, 5) is 25.9. The van der Waals surface area contributed by atoms with Crippen molar-refractivity contribution in [2.75, 3.05) is 0 Å². The lowest BCUT2D eigenvalue weighted by atomic mass is 9.45. The first-order valence-corrected chi connectivity index (χ1v) is 11.8. The van der Waals surface area contributed by atoms with E-state index in [4.69, 9.17) is 0 Å². The van der Waals surface area contributed by atoms with Crippen LogP contribution in [0.4, 0.5) is 0 Å². The number of para-hydroxylation sites is 1. The zero-order valence-corrected chi connectivity index (χ0v) is 18.0. The Hall–Kier alpha value is -2.04. The van der Waals surface area contributed by atoms with Gasteiger partial charge in [-0.25, -0.2) is 4.68 Å². The van der Waals surface area contributed by atoms with E-state index in [1.165, 1.54) is 6.42 Å². The van der Waals surface area contributed by atoms with Crippen LogP contribution < -0.4 is 0 Å². The summed E-state index contributed by atoms with van der Waals surface area (Å²) in [5.74, 6) is 3.06. The highest BCUT2D eigenvalue weighted by Crippen LogP contribution is 2.66. The quantitative estimate of drug-likeness (QED) is 0.686. The summed E-state index contributed by atoms with van der Waals surface area (Å²) >= 11 is 0. The van der Waals surface area contributed by atoms with Gasteiger partial charge in [0, 0.05) is 18.3 Å². The number of Topliss-reactive ketones (excluding diaryl/α,β-unsaturated/α-hetero) is 2. The van der Waals surface area contributed by atoms with Gasteiger partial charge in [0.25, 0.3) is 0 Å². The van der Waals surface area contributed by atoms with Crippen molar-refractivity contribution in [3.8, 4) is 0 Å². The third-order valence-electron chi connectivity index (χ3n) is 9.89. The molecule has 158 valence electrons. The van der Waals surface area contributed by atoms with Gasteiger partial charge < -0.3 is 0 Å². The highest BCUT2D eigenvalue weighted by atomic mass is 16.1. The lowest BCUT2D eigenvalue weighted by Crippen LogP contribution is -2.53. The molecule has 0 aliphatic heterocycles. The second-order valence-corrected chi connectivity index (χ2v) is 11.0. The molecule has 0 unspecified atom stereocenters. The van der Waals surface area contributed by atoms with Crippen molar-refractivity contribution in [1.29, 1.82) is 0 Å². The van der Waals surface area contributed by atoms with Gasteiger partial charge in [0.05, 0.1) is 5.52 Å². The van der Waals surface area contributed by atoms with Crippen molar-refractivity contribution in [3.05, 3.63) is 24.3 Å². The number of aromatic nitrogens is 3. The number of rotatable bonds is 1. The molecule has 6 rings (SSSR count). The maximum atomic E-state index is 13.8. The zero-order valence-electron chi connectivity index (χ0n) is 18.0. The van der Waals surface area contributed by atoms with Crippen LogP contribution >= 0.6 is 0 Å². The van der Waals surface area contributed by atoms with Crippen molar-refractivity contribution >= 4 is 22.6 Å². The van der Waals surface area contributed by atoms with Crippen LogP contribution in [-0.4, -0.2) is 26.6 Å². The predicted molar refractivity (Wildman–Crippen MR) is 114 cm³/mol. The minimum absolute atomic E-state index is 0.190. The zero-order chi connectivity index (χ0) is 20.7. The summed E-state index contributed by atoms with van der Waals surface area (Å²) in [6.07, 6.45) is 7.93. The average Bonchev–Trinajstić information content (AvgIpc) is 3.27. The van der Waals surface area contributed by atoms with E-state index in [1.54, 1.807) is 0 Å². The largest absolute Gasteiger partial charge is 0.300 e. The fraction of sp³-hybridized carbons (Fsp3) is 0.680. The van der Waals surface area contributed by atoms with Gasteiger partial charge in [-0.3, -0.25) is 9.59 Å². The van der Waals surface area contributed by atoms with Gasteiger partial charge in [0.2, 0.25) is 0 Å². The first-order valence-electron chi connectivity index (χ1n) is 11.8. The summed E-state index contributed by atoms with van der Waals surface area (Å²) in [5.41, 5.74) is 1.87. The Labute approximate surface area is 177 Å². The van der Waals surface area contributed by atoms with Gasteiger partial charge in [-0.1, -0.05) is 31.2 Å². The Morgan fingerprint density at radius 3 is 2.73 bits per heavy atom. The lowest BCUT2D eigenvalue weighted by Gasteiger charge is -2.59. The van der Waals surface area contributed by atoms with Crippen molar-refractivity contribution < 1.29 is 9.59 Å². The standard InChI is InChI=1S/C25H31N3O2/c1-24-11-9-16(29)13-15(24)7-8-17-18(24)10-12-25(2)19(17)14-22(23(25)30)28-21-6-4-3-5-20(21)26-27-28/h3-6,15,17-19,22H,7-14H2,1-2H3/t15-,17+,18-,19-,22-,24-,25-/m0/s1. The van der Waals surface area contributed by atoms with E-state index in [-0.39, 0.29) is 16.9 Å². The van der Waals surface area contributed by atoms with E-state index < -0.39 is 0 Å². The van der Waals surface area contributed by atoms with E-state index in [9.17, 15) is 9.59 Å². The molecule has 7 atom stereocenters. The van der Waals surface area contributed by atoms with Crippen molar-refractivity contribution in [2.45, 2.75) is 71.3 Å². The Balaban J connectivity index is 1.35. The molecule has 0 saturated heterocycles. The molecule has 0 spiro atoms. The summed E-state index contributed by atoms with van der Waals surface area (Å²) < 4.78 is 1.91. The molecule has 4 fully saturated rings. The summed E-state index contributed by atoms with van der Waals surface area (Å²) in [5, 5.41) is 8.74. The van der Waals surface area contributed by atoms with Crippen LogP contribution in [0.25, 0.3) is 11.0 Å². The Morgan fingerprint density at radius 2 is 1.87 bits per heavy atom. The number of fused-ring (bicyclic) bond motifs is 6. The minimum Gasteiger partial charge on any atom is -0.300 e. The monoisotopic (exact) mass is 405 g/mol. The van der Waals surface area contributed by atoms with Crippen LogP contribution in [0.1, 0.15) is 71.3 Å². The molecule has 1 heterocycles. The maximum absolute atomic E-state index is 13.8. The Kier molecular flexibility index (Phi) is 3.89. The van der Waals surface area contributed by atoms with Gasteiger partial charge in [-0.15, -0.1) is 5.10 Å². The summed E-state index contributed by atoms with van der Waals surface area (Å²) in [7, 11) is 0. The first kappa shape index (κ1) is 18.7. The fourth-order valence-electron chi connectivity index (χ4n) is 8.16. The van der Waals surface area contributed by atoms with Gasteiger partial charge in [0.15, 0.2) is 5.78 Å². The molecule has 1 aromatic heterocycles. The van der Waals surface area contributed by atoms with Gasteiger partial charge in [0.1, 0.15) is 17.3 Å².